The van der Waals surface area contributed by atoms with Gasteiger partial charge in [0.15, 0.2) is 11.0 Å². The summed E-state index contributed by atoms with van der Waals surface area (Å²) in [5.41, 5.74) is 3.42. The second-order valence-corrected chi connectivity index (χ2v) is 9.42. The highest BCUT2D eigenvalue weighted by Crippen LogP contribution is 2.24. The number of carbonyl (C=O) groups excluding carboxylic acids is 2. The van der Waals surface area contributed by atoms with Gasteiger partial charge in [-0.05, 0) is 66.8 Å². The summed E-state index contributed by atoms with van der Waals surface area (Å²) in [5, 5.41) is 16.5. The van der Waals surface area contributed by atoms with Gasteiger partial charge >= 0.3 is 0 Å². The first-order chi connectivity index (χ1) is 16.4. The number of amides is 2. The van der Waals surface area contributed by atoms with Crippen molar-refractivity contribution < 1.29 is 14.0 Å². The van der Waals surface area contributed by atoms with Crippen LogP contribution in [0.3, 0.4) is 0 Å². The van der Waals surface area contributed by atoms with Crippen LogP contribution in [0.5, 0.6) is 0 Å². The van der Waals surface area contributed by atoms with Gasteiger partial charge < -0.3 is 10.6 Å². The summed E-state index contributed by atoms with van der Waals surface area (Å²) >= 11 is 2.55. The van der Waals surface area contributed by atoms with Crippen LogP contribution in [0.2, 0.25) is 0 Å². The molecule has 2 aromatic heterocycles. The van der Waals surface area contributed by atoms with Crippen LogP contribution in [0.25, 0.3) is 5.69 Å². The molecular formula is C24H22FN5O2S2. The highest BCUT2D eigenvalue weighted by Gasteiger charge is 2.18. The fourth-order valence-electron chi connectivity index (χ4n) is 3.20. The smallest absolute Gasteiger partial charge is 0.261 e. The highest BCUT2D eigenvalue weighted by molar-refractivity contribution is 7.99. The molecule has 4 aromatic rings. The minimum Gasteiger partial charge on any atom is -0.344 e. The number of nitrogens with one attached hydrogen (secondary N) is 2. The van der Waals surface area contributed by atoms with Gasteiger partial charge in [0.25, 0.3) is 5.91 Å². The molecule has 0 aliphatic carbocycles. The number of halogens is 1. The van der Waals surface area contributed by atoms with Gasteiger partial charge in [-0.25, -0.2) is 4.39 Å². The van der Waals surface area contributed by atoms with Crippen molar-refractivity contribution in [2.24, 2.45) is 0 Å². The summed E-state index contributed by atoms with van der Waals surface area (Å²) in [6.45, 7) is 4.02. The van der Waals surface area contributed by atoms with E-state index in [2.05, 4.69) is 20.8 Å². The van der Waals surface area contributed by atoms with E-state index in [0.717, 1.165) is 16.8 Å². The molecule has 2 aromatic carbocycles. The Labute approximate surface area is 204 Å². The Bertz CT molecular complexity index is 1300. The standard InChI is InChI=1S/C24H22FN5O2S2/c1-15-5-6-16(2)19(12-15)27-22(31)14-34-24-29-28-21(13-26-23(32)20-4-3-11-33-20)30(24)18-9-7-17(25)8-10-18/h3-12H,13-14H2,1-2H3,(H,26,32)(H,27,31). The van der Waals surface area contributed by atoms with Crippen molar-refractivity contribution in [2.75, 3.05) is 11.1 Å². The Balaban J connectivity index is 1.50. The van der Waals surface area contributed by atoms with Gasteiger partial charge in [0.1, 0.15) is 5.82 Å². The predicted octanol–water partition coefficient (Wildman–Crippen LogP) is 4.75. The third-order valence-electron chi connectivity index (χ3n) is 4.94. The zero-order valence-electron chi connectivity index (χ0n) is 18.5. The minimum absolute atomic E-state index is 0.105. The second-order valence-electron chi connectivity index (χ2n) is 7.53. The molecule has 0 unspecified atom stereocenters. The average Bonchev–Trinajstić information content (AvgIpc) is 3.49. The van der Waals surface area contributed by atoms with Gasteiger partial charge in [0.05, 0.1) is 17.2 Å². The van der Waals surface area contributed by atoms with Crippen molar-refractivity contribution >= 4 is 40.6 Å². The SMILES string of the molecule is Cc1ccc(C)c(NC(=O)CSc2nnc(CNC(=O)c3cccs3)n2-c2ccc(F)cc2)c1. The summed E-state index contributed by atoms with van der Waals surface area (Å²) in [7, 11) is 0. The van der Waals surface area contributed by atoms with E-state index in [1.807, 2.05) is 37.4 Å². The number of aryl methyl sites for hydroxylation is 2. The number of anilines is 1. The van der Waals surface area contributed by atoms with Crippen molar-refractivity contribution in [1.29, 1.82) is 0 Å². The van der Waals surface area contributed by atoms with Crippen molar-refractivity contribution in [3.05, 3.63) is 87.6 Å². The van der Waals surface area contributed by atoms with Crippen LogP contribution in [0, 0.1) is 19.7 Å². The molecular weight excluding hydrogens is 473 g/mol. The van der Waals surface area contributed by atoms with Crippen LogP contribution in [-0.2, 0) is 11.3 Å². The number of aromatic nitrogens is 3. The van der Waals surface area contributed by atoms with Crippen LogP contribution in [0.15, 0.2) is 65.1 Å². The second kappa shape index (κ2) is 10.6. The van der Waals surface area contributed by atoms with E-state index < -0.39 is 0 Å². The largest absolute Gasteiger partial charge is 0.344 e. The molecule has 0 aliphatic rings. The number of carbonyl (C=O) groups is 2. The van der Waals surface area contributed by atoms with E-state index in [1.54, 1.807) is 28.8 Å². The van der Waals surface area contributed by atoms with Gasteiger partial charge in [0.2, 0.25) is 5.91 Å². The number of benzene rings is 2. The molecule has 7 nitrogen and oxygen atoms in total. The number of thiophene rings is 1. The van der Waals surface area contributed by atoms with E-state index in [9.17, 15) is 14.0 Å². The summed E-state index contributed by atoms with van der Waals surface area (Å²) < 4.78 is 15.2. The number of hydrogen-bond acceptors (Lipinski definition) is 6. The lowest BCUT2D eigenvalue weighted by atomic mass is 10.1. The molecule has 34 heavy (non-hydrogen) atoms. The van der Waals surface area contributed by atoms with Crippen LogP contribution >= 0.6 is 23.1 Å². The molecule has 174 valence electrons. The van der Waals surface area contributed by atoms with E-state index >= 15 is 0 Å². The molecule has 0 atom stereocenters. The van der Waals surface area contributed by atoms with Gasteiger partial charge in [-0.15, -0.1) is 21.5 Å². The van der Waals surface area contributed by atoms with Crippen molar-refractivity contribution in [3.8, 4) is 5.69 Å². The van der Waals surface area contributed by atoms with Crippen molar-refractivity contribution in [2.45, 2.75) is 25.5 Å². The lowest BCUT2D eigenvalue weighted by Gasteiger charge is -2.12. The summed E-state index contributed by atoms with van der Waals surface area (Å²) in [5.74, 6) is -0.194. The summed E-state index contributed by atoms with van der Waals surface area (Å²) in [4.78, 5) is 25.5. The highest BCUT2D eigenvalue weighted by atomic mass is 32.2. The molecule has 0 saturated heterocycles. The summed E-state index contributed by atoms with van der Waals surface area (Å²) in [6.07, 6.45) is 0. The molecule has 0 fully saturated rings. The van der Waals surface area contributed by atoms with Gasteiger partial charge in [-0.3, -0.25) is 14.2 Å². The maximum atomic E-state index is 13.5. The van der Waals surface area contributed by atoms with E-state index in [1.165, 1.54) is 35.2 Å². The number of rotatable bonds is 8. The molecule has 0 radical (unpaired) electrons. The fourth-order valence-corrected chi connectivity index (χ4v) is 4.61. The van der Waals surface area contributed by atoms with Crippen LogP contribution in [-0.4, -0.2) is 32.3 Å². The molecule has 0 aliphatic heterocycles. The molecule has 2 amide bonds. The topological polar surface area (TPSA) is 88.9 Å². The van der Waals surface area contributed by atoms with Crippen LogP contribution in [0.1, 0.15) is 26.6 Å². The Hall–Kier alpha value is -3.50. The normalized spacial score (nSPS) is 10.8. The molecule has 0 saturated carbocycles. The molecule has 2 heterocycles. The van der Waals surface area contributed by atoms with Crippen LogP contribution in [0.4, 0.5) is 10.1 Å². The zero-order chi connectivity index (χ0) is 24.1. The third-order valence-corrected chi connectivity index (χ3v) is 6.73. The van der Waals surface area contributed by atoms with Gasteiger partial charge in [-0.2, -0.15) is 0 Å². The maximum absolute atomic E-state index is 13.5. The molecule has 0 bridgehead atoms. The summed E-state index contributed by atoms with van der Waals surface area (Å²) in [6, 6.07) is 15.3. The van der Waals surface area contributed by atoms with Gasteiger partial charge in [-0.1, -0.05) is 30.0 Å². The molecule has 4 rings (SSSR count). The third kappa shape index (κ3) is 5.70. The maximum Gasteiger partial charge on any atom is 0.261 e. The average molecular weight is 496 g/mol. The minimum atomic E-state index is -0.369. The monoisotopic (exact) mass is 495 g/mol. The van der Waals surface area contributed by atoms with Crippen molar-refractivity contribution in [3.63, 3.8) is 0 Å². The van der Waals surface area contributed by atoms with Gasteiger partial charge in [0, 0.05) is 11.4 Å². The first-order valence-electron chi connectivity index (χ1n) is 10.4. The number of nitrogens with zero attached hydrogens (tertiary/aromatic N) is 3. The number of thioether (sulfide) groups is 1. The zero-order valence-corrected chi connectivity index (χ0v) is 20.2. The van der Waals surface area contributed by atoms with E-state index in [4.69, 9.17) is 0 Å². The van der Waals surface area contributed by atoms with E-state index in [-0.39, 0.29) is 29.9 Å². The predicted molar refractivity (Wildman–Crippen MR) is 132 cm³/mol. The first kappa shape index (κ1) is 23.7. The Kier molecular flexibility index (Phi) is 7.39. The Morgan fingerprint density at radius 2 is 1.88 bits per heavy atom. The Morgan fingerprint density at radius 3 is 2.62 bits per heavy atom. The molecule has 0 spiro atoms. The van der Waals surface area contributed by atoms with E-state index in [0.29, 0.717) is 21.5 Å². The van der Waals surface area contributed by atoms with Crippen molar-refractivity contribution in [1.82, 2.24) is 20.1 Å². The lowest BCUT2D eigenvalue weighted by Crippen LogP contribution is -2.24. The quantitative estimate of drug-likeness (QED) is 0.345. The molecule has 2 N–H and O–H groups in total. The van der Waals surface area contributed by atoms with Crippen LogP contribution < -0.4 is 10.6 Å². The molecule has 10 heteroatoms. The Morgan fingerprint density at radius 1 is 1.09 bits per heavy atom. The lowest BCUT2D eigenvalue weighted by molar-refractivity contribution is -0.113. The first-order valence-corrected chi connectivity index (χ1v) is 12.3. The fraction of sp³-hybridized carbons (Fsp3) is 0.167. The number of hydrogen-bond donors (Lipinski definition) is 2.